The van der Waals surface area contributed by atoms with Crippen molar-refractivity contribution in [3.8, 4) is 0 Å². The molecule has 3 rings (SSSR count). The summed E-state index contributed by atoms with van der Waals surface area (Å²) in [6.07, 6.45) is 0. The van der Waals surface area contributed by atoms with Crippen LogP contribution in [-0.4, -0.2) is 47.5 Å². The first-order valence-corrected chi connectivity index (χ1v) is 7.87. The molecule has 2 fully saturated rings. The second-order valence-corrected chi connectivity index (χ2v) is 5.94. The van der Waals surface area contributed by atoms with E-state index in [-0.39, 0.29) is 17.9 Å². The number of carbonyl (C=O) groups excluding carboxylic acids is 2. The van der Waals surface area contributed by atoms with Crippen LogP contribution in [0.4, 0.5) is 0 Å². The van der Waals surface area contributed by atoms with Crippen molar-refractivity contribution in [3.05, 3.63) is 35.9 Å². The van der Waals surface area contributed by atoms with Crippen molar-refractivity contribution in [2.45, 2.75) is 12.1 Å². The van der Waals surface area contributed by atoms with Crippen LogP contribution in [0.15, 0.2) is 30.3 Å². The summed E-state index contributed by atoms with van der Waals surface area (Å²) >= 11 is 1.71. The fraction of sp³-hybridized carbons (Fsp3) is 0.429. The monoisotopic (exact) mass is 291 g/mol. The third kappa shape index (κ3) is 2.53. The summed E-state index contributed by atoms with van der Waals surface area (Å²) in [6, 6.07) is 8.81. The predicted molar refractivity (Wildman–Crippen MR) is 78.2 cm³/mol. The van der Waals surface area contributed by atoms with Gasteiger partial charge in [-0.15, -0.1) is 11.8 Å². The molecule has 106 valence electrons. The Hall–Kier alpha value is -1.53. The molecule has 2 aliphatic heterocycles. The summed E-state index contributed by atoms with van der Waals surface area (Å²) in [7, 11) is 0. The lowest BCUT2D eigenvalue weighted by atomic mass is 10.0. The van der Waals surface area contributed by atoms with Gasteiger partial charge in [-0.3, -0.25) is 14.9 Å². The molecule has 2 atom stereocenters. The molecule has 20 heavy (non-hydrogen) atoms. The van der Waals surface area contributed by atoms with E-state index in [0.29, 0.717) is 13.1 Å². The molecule has 0 radical (unpaired) electrons. The van der Waals surface area contributed by atoms with E-state index < -0.39 is 6.04 Å². The Morgan fingerprint density at radius 1 is 1.30 bits per heavy atom. The number of piperazine rings is 1. The fourth-order valence-corrected chi connectivity index (χ4v) is 3.56. The molecule has 2 amide bonds. The van der Waals surface area contributed by atoms with Gasteiger partial charge in [0.2, 0.25) is 11.8 Å². The van der Waals surface area contributed by atoms with E-state index in [1.54, 1.807) is 16.7 Å². The zero-order valence-corrected chi connectivity index (χ0v) is 11.9. The zero-order valence-electron chi connectivity index (χ0n) is 11.0. The van der Waals surface area contributed by atoms with Crippen molar-refractivity contribution >= 4 is 23.6 Å². The second kappa shape index (κ2) is 5.85. The molecule has 0 aliphatic carbocycles. The summed E-state index contributed by atoms with van der Waals surface area (Å²) < 4.78 is 0. The number of nitrogens with one attached hydrogen (secondary N) is 2. The van der Waals surface area contributed by atoms with E-state index in [2.05, 4.69) is 10.6 Å². The summed E-state index contributed by atoms with van der Waals surface area (Å²) in [5.74, 6) is 1.51. The van der Waals surface area contributed by atoms with Gasteiger partial charge in [-0.25, -0.2) is 0 Å². The van der Waals surface area contributed by atoms with Crippen molar-refractivity contribution in [1.82, 2.24) is 15.5 Å². The maximum Gasteiger partial charge on any atom is 0.247 e. The van der Waals surface area contributed by atoms with Gasteiger partial charge in [0, 0.05) is 24.7 Å². The van der Waals surface area contributed by atoms with Crippen molar-refractivity contribution in [2.24, 2.45) is 0 Å². The third-order valence-corrected chi connectivity index (χ3v) is 4.56. The molecule has 0 saturated carbocycles. The van der Waals surface area contributed by atoms with Gasteiger partial charge in [-0.05, 0) is 5.56 Å². The number of thioether (sulfide) groups is 1. The molecular formula is C14H17N3O2S. The van der Waals surface area contributed by atoms with Crippen molar-refractivity contribution in [2.75, 3.05) is 24.7 Å². The van der Waals surface area contributed by atoms with Gasteiger partial charge in [-0.2, -0.15) is 0 Å². The fourth-order valence-electron chi connectivity index (χ4n) is 2.62. The van der Waals surface area contributed by atoms with Crippen LogP contribution in [0.5, 0.6) is 0 Å². The second-order valence-electron chi connectivity index (χ2n) is 4.91. The average molecular weight is 291 g/mol. The molecular weight excluding hydrogens is 274 g/mol. The van der Waals surface area contributed by atoms with E-state index in [1.807, 2.05) is 30.3 Å². The van der Waals surface area contributed by atoms with Gasteiger partial charge in [0.25, 0.3) is 0 Å². The zero-order chi connectivity index (χ0) is 13.9. The lowest BCUT2D eigenvalue weighted by molar-refractivity contribution is -0.144. The molecule has 0 aromatic heterocycles. The summed E-state index contributed by atoms with van der Waals surface area (Å²) in [6.45, 7) is 1.08. The molecule has 2 heterocycles. The van der Waals surface area contributed by atoms with Gasteiger partial charge in [0.15, 0.2) is 0 Å². The molecule has 6 heteroatoms. The van der Waals surface area contributed by atoms with Crippen molar-refractivity contribution in [1.29, 1.82) is 0 Å². The number of benzene rings is 1. The van der Waals surface area contributed by atoms with Crippen LogP contribution in [0.1, 0.15) is 11.6 Å². The number of carbonyl (C=O) groups is 2. The number of rotatable bonds is 2. The van der Waals surface area contributed by atoms with Crippen LogP contribution in [0, 0.1) is 0 Å². The van der Waals surface area contributed by atoms with E-state index in [4.69, 9.17) is 0 Å². The quantitative estimate of drug-likeness (QED) is 0.825. The van der Waals surface area contributed by atoms with Gasteiger partial charge in [-0.1, -0.05) is 30.3 Å². The minimum atomic E-state index is -0.509. The Balaban J connectivity index is 1.86. The number of hydrogen-bond donors (Lipinski definition) is 2. The normalized spacial score (nSPS) is 26.4. The van der Waals surface area contributed by atoms with Gasteiger partial charge < -0.3 is 10.2 Å². The van der Waals surface area contributed by atoms with Crippen LogP contribution in [0.25, 0.3) is 0 Å². The highest BCUT2D eigenvalue weighted by atomic mass is 32.2. The molecule has 2 N–H and O–H groups in total. The molecule has 2 aliphatic rings. The van der Waals surface area contributed by atoms with Gasteiger partial charge in [0.1, 0.15) is 6.04 Å². The van der Waals surface area contributed by atoms with Crippen LogP contribution < -0.4 is 10.6 Å². The van der Waals surface area contributed by atoms with E-state index in [9.17, 15) is 9.59 Å². The first-order valence-electron chi connectivity index (χ1n) is 6.71. The first kappa shape index (κ1) is 13.5. The van der Waals surface area contributed by atoms with Gasteiger partial charge >= 0.3 is 0 Å². The number of amides is 2. The molecule has 2 saturated heterocycles. The van der Waals surface area contributed by atoms with E-state index in [0.717, 1.165) is 17.2 Å². The predicted octanol–water partition coefficient (Wildman–Crippen LogP) is 0.349. The van der Waals surface area contributed by atoms with Crippen LogP contribution >= 0.6 is 11.8 Å². The number of nitrogens with zero attached hydrogens (tertiary/aromatic N) is 1. The Bertz CT molecular complexity index is 502. The summed E-state index contributed by atoms with van der Waals surface area (Å²) in [5, 5.41) is 6.03. The van der Waals surface area contributed by atoms with Gasteiger partial charge in [0.05, 0.1) is 6.04 Å². The maximum atomic E-state index is 12.6. The van der Waals surface area contributed by atoms with Crippen molar-refractivity contribution in [3.63, 3.8) is 0 Å². The first-order chi connectivity index (χ1) is 9.77. The van der Waals surface area contributed by atoms with E-state index >= 15 is 0 Å². The lowest BCUT2D eigenvalue weighted by Gasteiger charge is -2.36. The van der Waals surface area contributed by atoms with E-state index in [1.165, 1.54) is 0 Å². The average Bonchev–Trinajstić information content (AvgIpc) is 3.01. The minimum absolute atomic E-state index is 0.0266. The van der Waals surface area contributed by atoms with Crippen LogP contribution in [-0.2, 0) is 9.59 Å². The molecule has 5 nitrogen and oxygen atoms in total. The van der Waals surface area contributed by atoms with Crippen LogP contribution in [0.3, 0.4) is 0 Å². The highest BCUT2D eigenvalue weighted by Gasteiger charge is 2.37. The SMILES string of the molecule is O=C1NCCN(C(=O)C2CSCN2)C1c1ccccc1. The molecule has 1 aromatic carbocycles. The molecule has 2 unspecified atom stereocenters. The molecule has 1 aromatic rings. The Morgan fingerprint density at radius 2 is 2.10 bits per heavy atom. The molecule has 0 spiro atoms. The highest BCUT2D eigenvalue weighted by molar-refractivity contribution is 7.99. The molecule has 0 bridgehead atoms. The third-order valence-electron chi connectivity index (χ3n) is 3.62. The number of hydrogen-bond acceptors (Lipinski definition) is 4. The van der Waals surface area contributed by atoms with Crippen LogP contribution in [0.2, 0.25) is 0 Å². The Kier molecular flexibility index (Phi) is 3.93. The Morgan fingerprint density at radius 3 is 2.80 bits per heavy atom. The standard InChI is InChI=1S/C14H17N3O2S/c18-13-12(10-4-2-1-3-5-10)17(7-6-15-13)14(19)11-8-20-9-16-11/h1-5,11-12,16H,6-9H2,(H,15,18). The maximum absolute atomic E-state index is 12.6. The minimum Gasteiger partial charge on any atom is -0.352 e. The van der Waals surface area contributed by atoms with Crippen molar-refractivity contribution < 1.29 is 9.59 Å². The summed E-state index contributed by atoms with van der Waals surface area (Å²) in [4.78, 5) is 26.5. The Labute approximate surface area is 122 Å². The largest absolute Gasteiger partial charge is 0.352 e. The summed E-state index contributed by atoms with van der Waals surface area (Å²) in [5.41, 5.74) is 0.865. The smallest absolute Gasteiger partial charge is 0.247 e. The lowest BCUT2D eigenvalue weighted by Crippen LogP contribution is -2.56. The topological polar surface area (TPSA) is 61.4 Å². The highest BCUT2D eigenvalue weighted by Crippen LogP contribution is 2.25.